The van der Waals surface area contributed by atoms with Crippen LogP contribution in [0.5, 0.6) is 5.88 Å². The third-order valence-corrected chi connectivity index (χ3v) is 6.87. The summed E-state index contributed by atoms with van der Waals surface area (Å²) in [5.74, 6) is 0.574. The van der Waals surface area contributed by atoms with Gasteiger partial charge in [-0.1, -0.05) is 0 Å². The third kappa shape index (κ3) is 4.14. The molecule has 5 aromatic heterocycles. The Kier molecular flexibility index (Phi) is 5.51. The van der Waals surface area contributed by atoms with Crippen LogP contribution in [0.3, 0.4) is 0 Å². The molecule has 10 heteroatoms. The zero-order valence-electron chi connectivity index (χ0n) is 20.8. The minimum atomic E-state index is -1.02. The number of hydrogen-bond donors (Lipinski definition) is 2. The first-order chi connectivity index (χ1) is 17.9. The number of hydrogen-bond acceptors (Lipinski definition) is 7. The number of ether oxygens (including phenoxy) is 1. The number of aromatic carboxylic acids is 1. The Morgan fingerprint density at radius 2 is 1.97 bits per heavy atom. The Hall–Kier alpha value is -4.47. The Bertz CT molecular complexity index is 1640. The van der Waals surface area contributed by atoms with Crippen molar-refractivity contribution in [3.05, 3.63) is 65.7 Å². The van der Waals surface area contributed by atoms with Crippen LogP contribution in [0.1, 0.15) is 47.6 Å². The molecule has 1 fully saturated rings. The number of fused-ring (bicyclic) bond motifs is 2. The molecule has 5 aromatic rings. The average molecular weight is 498 g/mol. The molecule has 1 aliphatic rings. The molecule has 0 aromatic carbocycles. The van der Waals surface area contributed by atoms with E-state index in [4.69, 9.17) is 14.7 Å². The number of aromatic nitrogens is 6. The fourth-order valence-corrected chi connectivity index (χ4v) is 4.76. The van der Waals surface area contributed by atoms with Crippen molar-refractivity contribution in [1.82, 2.24) is 28.9 Å². The lowest BCUT2D eigenvalue weighted by atomic mass is 10.2. The molecule has 0 saturated heterocycles. The average Bonchev–Trinajstić information content (AvgIpc) is 3.57. The number of rotatable bonds is 8. The summed E-state index contributed by atoms with van der Waals surface area (Å²) in [7, 11) is 1.53. The van der Waals surface area contributed by atoms with Gasteiger partial charge in [0.05, 0.1) is 35.8 Å². The number of carboxylic acid groups (broad SMARTS) is 1. The van der Waals surface area contributed by atoms with Crippen molar-refractivity contribution in [2.45, 2.75) is 39.3 Å². The van der Waals surface area contributed by atoms with Gasteiger partial charge in [-0.2, -0.15) is 0 Å². The number of aryl methyl sites for hydroxylation is 1. The summed E-state index contributed by atoms with van der Waals surface area (Å²) in [5, 5.41) is 13.9. The summed E-state index contributed by atoms with van der Waals surface area (Å²) in [6.07, 6.45) is 5.80. The molecule has 37 heavy (non-hydrogen) atoms. The van der Waals surface area contributed by atoms with Gasteiger partial charge in [-0.25, -0.2) is 24.7 Å². The molecule has 0 unspecified atom stereocenters. The molecule has 0 radical (unpaired) electrons. The highest BCUT2D eigenvalue weighted by Crippen LogP contribution is 2.37. The second-order valence-corrected chi connectivity index (χ2v) is 9.50. The van der Waals surface area contributed by atoms with Gasteiger partial charge in [-0.15, -0.1) is 0 Å². The molecule has 1 atom stereocenters. The van der Waals surface area contributed by atoms with Gasteiger partial charge in [0.2, 0.25) is 5.95 Å². The number of nitrogens with zero attached hydrogens (tertiary/aromatic N) is 6. The van der Waals surface area contributed by atoms with E-state index < -0.39 is 5.97 Å². The highest BCUT2D eigenvalue weighted by Gasteiger charge is 2.27. The van der Waals surface area contributed by atoms with Gasteiger partial charge >= 0.3 is 5.97 Å². The summed E-state index contributed by atoms with van der Waals surface area (Å²) < 4.78 is 9.63. The van der Waals surface area contributed by atoms with Gasteiger partial charge in [0, 0.05) is 30.4 Å². The minimum Gasteiger partial charge on any atom is -0.482 e. The second kappa shape index (κ2) is 8.88. The standard InChI is InChI=1S/C27H27N7O3/c1-15(30-27-28-9-4-10-29-27)20-8-7-18-11-21(33(25(18)31-20)14-17-5-6-17)24-16(2)34-22(32-24)12-19(26(35)36)13-23(34)37-3/h4,7-13,15,17H,5-6,14H2,1-3H3,(H,35,36)(H,28,29,30)/t15-/m1/s1. The number of pyridine rings is 2. The quantitative estimate of drug-likeness (QED) is 0.316. The van der Waals surface area contributed by atoms with Crippen molar-refractivity contribution in [3.8, 4) is 17.3 Å². The Labute approximate surface area is 213 Å². The molecule has 2 N–H and O–H groups in total. The zero-order valence-corrected chi connectivity index (χ0v) is 20.8. The molecule has 1 saturated carbocycles. The third-order valence-electron chi connectivity index (χ3n) is 6.87. The van der Waals surface area contributed by atoms with Gasteiger partial charge in [0.25, 0.3) is 0 Å². The summed E-state index contributed by atoms with van der Waals surface area (Å²) in [6.45, 7) is 4.87. The monoisotopic (exact) mass is 497 g/mol. The van der Waals surface area contributed by atoms with Gasteiger partial charge in [-0.05, 0) is 62.9 Å². The number of anilines is 1. The Morgan fingerprint density at radius 1 is 1.19 bits per heavy atom. The highest BCUT2D eigenvalue weighted by molar-refractivity contribution is 5.90. The lowest BCUT2D eigenvalue weighted by Crippen LogP contribution is -2.11. The van der Waals surface area contributed by atoms with Crippen molar-refractivity contribution in [1.29, 1.82) is 0 Å². The minimum absolute atomic E-state index is 0.0878. The summed E-state index contributed by atoms with van der Waals surface area (Å²) in [5.41, 5.74) is 5.07. The lowest BCUT2D eigenvalue weighted by molar-refractivity contribution is 0.0696. The van der Waals surface area contributed by atoms with E-state index in [0.717, 1.165) is 40.4 Å². The van der Waals surface area contributed by atoms with Crippen LogP contribution >= 0.6 is 0 Å². The number of carbonyl (C=O) groups is 1. The van der Waals surface area contributed by atoms with E-state index in [1.165, 1.54) is 26.0 Å². The van der Waals surface area contributed by atoms with Crippen LogP contribution in [0, 0.1) is 12.8 Å². The largest absolute Gasteiger partial charge is 0.482 e. The van der Waals surface area contributed by atoms with Crippen molar-refractivity contribution < 1.29 is 14.6 Å². The number of nitrogens with one attached hydrogen (secondary N) is 1. The summed E-state index contributed by atoms with van der Waals surface area (Å²) in [4.78, 5) is 30.1. The summed E-state index contributed by atoms with van der Waals surface area (Å²) >= 11 is 0. The Balaban J connectivity index is 1.48. The molecule has 6 rings (SSSR count). The van der Waals surface area contributed by atoms with Crippen LogP contribution in [-0.4, -0.2) is 47.1 Å². The molecule has 10 nitrogen and oxygen atoms in total. The fraction of sp³-hybridized carbons (Fsp3) is 0.296. The SMILES string of the molecule is COc1cc(C(=O)O)cc2nc(-c3cc4ccc([C@@H](C)Nc5ncccn5)nc4n3CC3CC3)c(C)n12. The van der Waals surface area contributed by atoms with Crippen LogP contribution in [0.2, 0.25) is 0 Å². The van der Waals surface area contributed by atoms with Crippen molar-refractivity contribution >= 4 is 28.6 Å². The maximum Gasteiger partial charge on any atom is 0.336 e. The molecule has 188 valence electrons. The first kappa shape index (κ1) is 23.0. The molecular weight excluding hydrogens is 470 g/mol. The fourth-order valence-electron chi connectivity index (χ4n) is 4.76. The second-order valence-electron chi connectivity index (χ2n) is 9.50. The predicted molar refractivity (Wildman–Crippen MR) is 139 cm³/mol. The van der Waals surface area contributed by atoms with Crippen LogP contribution in [0.4, 0.5) is 5.95 Å². The maximum atomic E-state index is 11.7. The van der Waals surface area contributed by atoms with Crippen LogP contribution in [0.25, 0.3) is 28.1 Å². The van der Waals surface area contributed by atoms with E-state index in [2.05, 4.69) is 32.0 Å². The first-order valence-corrected chi connectivity index (χ1v) is 12.3. The number of imidazole rings is 1. The molecule has 0 aliphatic heterocycles. The van der Waals surface area contributed by atoms with E-state index in [0.29, 0.717) is 23.4 Å². The predicted octanol–water partition coefficient (Wildman–Crippen LogP) is 4.74. The van der Waals surface area contributed by atoms with Crippen LogP contribution in [0.15, 0.2) is 48.8 Å². The smallest absolute Gasteiger partial charge is 0.336 e. The Morgan fingerprint density at radius 3 is 2.68 bits per heavy atom. The molecule has 0 bridgehead atoms. The molecule has 1 aliphatic carbocycles. The van der Waals surface area contributed by atoms with Crippen LogP contribution in [-0.2, 0) is 6.54 Å². The van der Waals surface area contributed by atoms with Gasteiger partial charge in [-0.3, -0.25) is 4.40 Å². The van der Waals surface area contributed by atoms with E-state index in [-0.39, 0.29) is 11.6 Å². The summed E-state index contributed by atoms with van der Waals surface area (Å²) in [6, 6.07) is 11.0. The maximum absolute atomic E-state index is 11.7. The van der Waals surface area contributed by atoms with Gasteiger partial charge in [0.1, 0.15) is 17.0 Å². The van der Waals surface area contributed by atoms with Crippen LogP contribution < -0.4 is 10.1 Å². The molecular formula is C27H27N7O3. The van der Waals surface area contributed by atoms with E-state index in [1.807, 2.05) is 24.3 Å². The van der Waals surface area contributed by atoms with Gasteiger partial charge < -0.3 is 19.7 Å². The van der Waals surface area contributed by atoms with E-state index in [9.17, 15) is 9.90 Å². The van der Waals surface area contributed by atoms with E-state index >= 15 is 0 Å². The number of methoxy groups -OCH3 is 1. The highest BCUT2D eigenvalue weighted by atomic mass is 16.5. The van der Waals surface area contributed by atoms with E-state index in [1.54, 1.807) is 24.5 Å². The van der Waals surface area contributed by atoms with Gasteiger partial charge in [0.15, 0.2) is 5.88 Å². The zero-order chi connectivity index (χ0) is 25.7. The van der Waals surface area contributed by atoms with Crippen molar-refractivity contribution in [2.24, 2.45) is 5.92 Å². The van der Waals surface area contributed by atoms with Crippen molar-refractivity contribution in [3.63, 3.8) is 0 Å². The van der Waals surface area contributed by atoms with Crippen molar-refractivity contribution in [2.75, 3.05) is 12.4 Å². The molecule has 0 amide bonds. The molecule has 0 spiro atoms. The topological polar surface area (TPSA) is 119 Å². The first-order valence-electron chi connectivity index (χ1n) is 12.3. The normalized spacial score (nSPS) is 14.2. The number of carboxylic acids is 1. The molecule has 5 heterocycles. The lowest BCUT2D eigenvalue weighted by Gasteiger charge is -2.14.